The van der Waals surface area contributed by atoms with Gasteiger partial charge in [0, 0.05) is 12.5 Å². The lowest BCUT2D eigenvalue weighted by molar-refractivity contribution is -0.148. The van der Waals surface area contributed by atoms with Crippen LogP contribution in [0.3, 0.4) is 0 Å². The number of Topliss-reactive ketones (excluding diaryl/α,β-unsaturated/α-hetero) is 1. The van der Waals surface area contributed by atoms with E-state index in [1.54, 1.807) is 37.3 Å². The van der Waals surface area contributed by atoms with E-state index in [9.17, 15) is 14.2 Å². The van der Waals surface area contributed by atoms with E-state index in [1.807, 2.05) is 25.7 Å². The van der Waals surface area contributed by atoms with Crippen molar-refractivity contribution in [3.63, 3.8) is 0 Å². The van der Waals surface area contributed by atoms with Crippen molar-refractivity contribution in [2.24, 2.45) is 11.3 Å². The predicted octanol–water partition coefficient (Wildman–Crippen LogP) is 3.03. The van der Waals surface area contributed by atoms with Crippen molar-refractivity contribution in [3.05, 3.63) is 30.3 Å². The Morgan fingerprint density at radius 3 is 2.60 bits per heavy atom. The third-order valence-electron chi connectivity index (χ3n) is 5.12. The predicted molar refractivity (Wildman–Crippen MR) is 112 cm³/mol. The Hall–Kier alpha value is -1.73. The molecule has 9 heteroatoms. The van der Waals surface area contributed by atoms with Gasteiger partial charge in [-0.3, -0.25) is 19.0 Å². The lowest BCUT2D eigenvalue weighted by Crippen LogP contribution is -2.41. The van der Waals surface area contributed by atoms with Crippen LogP contribution >= 0.6 is 7.75 Å². The number of benzene rings is 1. The Kier molecular flexibility index (Phi) is 7.02. The molecule has 2 fully saturated rings. The molecule has 2 heterocycles. The van der Waals surface area contributed by atoms with Crippen LogP contribution in [0.5, 0.6) is 5.75 Å². The number of ketones is 1. The van der Waals surface area contributed by atoms with Gasteiger partial charge in [-0.1, -0.05) is 39.0 Å². The third-order valence-corrected chi connectivity index (χ3v) is 6.76. The summed E-state index contributed by atoms with van der Waals surface area (Å²) in [5.41, 5.74) is -0.188. The van der Waals surface area contributed by atoms with Crippen LogP contribution in [-0.4, -0.2) is 55.0 Å². The highest BCUT2D eigenvalue weighted by Crippen LogP contribution is 2.46. The van der Waals surface area contributed by atoms with Crippen molar-refractivity contribution >= 4 is 19.5 Å². The molecule has 2 aliphatic rings. The molecule has 0 spiro atoms. The number of ether oxygens (including phenoxy) is 1. The average molecular weight is 438 g/mol. The number of hydrogen-bond acceptors (Lipinski definition) is 7. The maximum Gasteiger partial charge on any atom is 0.459 e. The van der Waals surface area contributed by atoms with Gasteiger partial charge in [0.15, 0.2) is 5.78 Å². The highest BCUT2D eigenvalue weighted by atomic mass is 31.2. The molecule has 2 saturated heterocycles. The SMILES string of the molecule is C[C@H](NP(=O)(OCC1C(=O)[C@H]2CCN1C2)Oc1ccccc1)C(=O)OCC(C)(C)C. The minimum atomic E-state index is -3.95. The van der Waals surface area contributed by atoms with Gasteiger partial charge in [-0.2, -0.15) is 5.09 Å². The van der Waals surface area contributed by atoms with E-state index in [2.05, 4.69) is 5.09 Å². The smallest absolute Gasteiger partial charge is 0.459 e. The standard InChI is InChI=1S/C21H31N2O6P/c1-15(20(25)27-14-21(2,3)4)22-30(26,29-17-8-6-5-7-9-17)28-13-18-19(24)16-10-11-23(18)12-16/h5-9,15-16,18H,10-14H2,1-4H3,(H,22,26)/t15-,16-,18?,30?/m0/s1. The van der Waals surface area contributed by atoms with E-state index in [1.165, 1.54) is 0 Å². The van der Waals surface area contributed by atoms with Crippen LogP contribution in [0.1, 0.15) is 34.1 Å². The summed E-state index contributed by atoms with van der Waals surface area (Å²) < 4.78 is 30.1. The van der Waals surface area contributed by atoms with Gasteiger partial charge in [0.1, 0.15) is 11.8 Å². The first kappa shape index (κ1) is 22.9. The maximum atomic E-state index is 13.5. The summed E-state index contributed by atoms with van der Waals surface area (Å²) in [4.78, 5) is 26.8. The highest BCUT2D eigenvalue weighted by molar-refractivity contribution is 7.52. The van der Waals surface area contributed by atoms with Gasteiger partial charge >= 0.3 is 13.7 Å². The Morgan fingerprint density at radius 2 is 2.00 bits per heavy atom. The summed E-state index contributed by atoms with van der Waals surface area (Å²) in [6.45, 7) is 9.12. The van der Waals surface area contributed by atoms with Gasteiger partial charge in [0.2, 0.25) is 0 Å². The Bertz CT molecular complexity index is 809. The quantitative estimate of drug-likeness (QED) is 0.465. The molecular formula is C21H31N2O6P. The number of nitrogens with one attached hydrogen (secondary N) is 1. The summed E-state index contributed by atoms with van der Waals surface area (Å²) in [6, 6.07) is 7.23. The van der Waals surface area contributed by atoms with E-state index in [0.717, 1.165) is 19.5 Å². The molecular weight excluding hydrogens is 407 g/mol. The molecule has 3 rings (SSSR count). The van der Waals surface area contributed by atoms with Crippen molar-refractivity contribution < 1.29 is 27.9 Å². The maximum absolute atomic E-state index is 13.5. The zero-order chi connectivity index (χ0) is 21.9. The van der Waals surface area contributed by atoms with Gasteiger partial charge < -0.3 is 9.26 Å². The zero-order valence-corrected chi connectivity index (χ0v) is 18.9. The number of nitrogens with zero attached hydrogens (tertiary/aromatic N) is 1. The van der Waals surface area contributed by atoms with Crippen molar-refractivity contribution in [1.82, 2.24) is 9.99 Å². The molecule has 1 aromatic carbocycles. The number of para-hydroxylation sites is 1. The number of rotatable bonds is 9. The van der Waals surface area contributed by atoms with Crippen molar-refractivity contribution in [2.75, 3.05) is 26.3 Å². The number of carbonyl (C=O) groups is 2. The van der Waals surface area contributed by atoms with Crippen LogP contribution in [0.2, 0.25) is 0 Å². The lowest BCUT2D eigenvalue weighted by atomic mass is 9.99. The first-order valence-corrected chi connectivity index (χ1v) is 11.8. The molecule has 8 nitrogen and oxygen atoms in total. The fourth-order valence-corrected chi connectivity index (χ4v) is 5.02. The molecule has 30 heavy (non-hydrogen) atoms. The summed E-state index contributed by atoms with van der Waals surface area (Å²) in [6.07, 6.45) is 0.864. The van der Waals surface area contributed by atoms with Crippen LogP contribution in [0.15, 0.2) is 30.3 Å². The van der Waals surface area contributed by atoms with Crippen molar-refractivity contribution in [3.8, 4) is 5.75 Å². The molecule has 0 amide bonds. The molecule has 0 radical (unpaired) electrons. The summed E-state index contributed by atoms with van der Waals surface area (Å²) in [5.74, 6) is -0.0641. The molecule has 0 saturated carbocycles. The molecule has 2 aliphatic heterocycles. The van der Waals surface area contributed by atoms with Gasteiger partial charge in [0.25, 0.3) is 0 Å². The molecule has 0 aliphatic carbocycles. The number of piperidine rings is 1. The lowest BCUT2D eigenvalue weighted by Gasteiger charge is -2.27. The first-order chi connectivity index (χ1) is 14.1. The molecule has 3 unspecified atom stereocenters. The topological polar surface area (TPSA) is 94.2 Å². The van der Waals surface area contributed by atoms with E-state index in [0.29, 0.717) is 5.75 Å². The minimum absolute atomic E-state index is 0.0345. The number of fused-ring (bicyclic) bond motifs is 2. The minimum Gasteiger partial charge on any atom is -0.464 e. The van der Waals surface area contributed by atoms with E-state index in [4.69, 9.17) is 13.8 Å². The van der Waals surface area contributed by atoms with Gasteiger partial charge in [-0.05, 0) is 37.4 Å². The van der Waals surface area contributed by atoms with Crippen LogP contribution in [0, 0.1) is 11.3 Å². The van der Waals surface area contributed by atoms with E-state index >= 15 is 0 Å². The van der Waals surface area contributed by atoms with Crippen molar-refractivity contribution in [2.45, 2.75) is 46.2 Å². The molecule has 166 valence electrons. The Morgan fingerprint density at radius 1 is 1.30 bits per heavy atom. The second-order valence-electron chi connectivity index (χ2n) is 9.12. The summed E-state index contributed by atoms with van der Waals surface area (Å²) in [7, 11) is -3.95. The molecule has 1 aromatic rings. The van der Waals surface area contributed by atoms with E-state index in [-0.39, 0.29) is 30.3 Å². The Labute approximate surface area is 177 Å². The van der Waals surface area contributed by atoms with Gasteiger partial charge in [0.05, 0.1) is 19.3 Å². The molecule has 2 bridgehead atoms. The third kappa shape index (κ3) is 5.91. The molecule has 0 aromatic heterocycles. The van der Waals surface area contributed by atoms with Crippen molar-refractivity contribution in [1.29, 1.82) is 0 Å². The fraction of sp³-hybridized carbons (Fsp3) is 0.619. The zero-order valence-electron chi connectivity index (χ0n) is 18.0. The summed E-state index contributed by atoms with van der Waals surface area (Å²) >= 11 is 0. The molecule has 1 N–H and O–H groups in total. The first-order valence-electron chi connectivity index (χ1n) is 10.3. The van der Waals surface area contributed by atoms with Gasteiger partial charge in [-0.25, -0.2) is 4.57 Å². The normalized spacial score (nSPS) is 26.3. The molecule has 5 atom stereocenters. The van der Waals surface area contributed by atoms with Crippen LogP contribution in [-0.2, 0) is 23.4 Å². The second kappa shape index (κ2) is 9.18. The average Bonchev–Trinajstić information content (AvgIpc) is 3.26. The van der Waals surface area contributed by atoms with Crippen LogP contribution < -0.4 is 9.61 Å². The fourth-order valence-electron chi connectivity index (χ4n) is 3.52. The summed E-state index contributed by atoms with van der Waals surface area (Å²) in [5, 5.41) is 2.67. The highest BCUT2D eigenvalue weighted by Gasteiger charge is 2.46. The monoisotopic (exact) mass is 438 g/mol. The largest absolute Gasteiger partial charge is 0.464 e. The number of hydrogen-bond donors (Lipinski definition) is 1. The van der Waals surface area contributed by atoms with E-state index < -0.39 is 25.8 Å². The second-order valence-corrected chi connectivity index (χ2v) is 10.8. The Balaban J connectivity index is 1.67. The van der Waals surface area contributed by atoms with Gasteiger partial charge in [-0.15, -0.1) is 0 Å². The number of carbonyl (C=O) groups excluding carboxylic acids is 2. The van der Waals surface area contributed by atoms with Crippen LogP contribution in [0.25, 0.3) is 0 Å². The van der Waals surface area contributed by atoms with Crippen LogP contribution in [0.4, 0.5) is 0 Å². The number of esters is 1.